The van der Waals surface area contributed by atoms with Gasteiger partial charge < -0.3 is 11.5 Å². The van der Waals surface area contributed by atoms with Crippen LogP contribution in [0.3, 0.4) is 0 Å². The summed E-state index contributed by atoms with van der Waals surface area (Å²) in [5.74, 6) is -0.689. The average molecular weight is 335 g/mol. The number of nitrogens with zero attached hydrogens (tertiary/aromatic N) is 3. The summed E-state index contributed by atoms with van der Waals surface area (Å²) < 4.78 is 0. The minimum atomic E-state index is -0.449. The normalized spacial score (nSPS) is 15.3. The Morgan fingerprint density at radius 2 is 2.08 bits per heavy atom. The predicted molar refractivity (Wildman–Crippen MR) is 98.8 cm³/mol. The van der Waals surface area contributed by atoms with Gasteiger partial charge in [0.2, 0.25) is 0 Å². The van der Waals surface area contributed by atoms with Crippen molar-refractivity contribution >= 4 is 23.5 Å². The molecule has 4 N–H and O–H groups in total. The third kappa shape index (κ3) is 3.91. The second-order valence-corrected chi connectivity index (χ2v) is 6.13. The van der Waals surface area contributed by atoms with Crippen LogP contribution in [0.2, 0.25) is 0 Å². The zero-order valence-corrected chi connectivity index (χ0v) is 14.2. The molecule has 0 fully saturated rings. The van der Waals surface area contributed by atoms with Crippen LogP contribution in [0, 0.1) is 6.92 Å². The van der Waals surface area contributed by atoms with E-state index in [4.69, 9.17) is 16.5 Å². The smallest absolute Gasteiger partial charge is 0.282 e. The molecule has 1 aliphatic rings. The Morgan fingerprint density at radius 3 is 2.80 bits per heavy atom. The summed E-state index contributed by atoms with van der Waals surface area (Å²) in [4.78, 5) is 24.7. The average Bonchev–Trinajstić information content (AvgIpc) is 2.77. The summed E-state index contributed by atoms with van der Waals surface area (Å²) in [7, 11) is 0. The SMILES string of the molecule is Cc1nc2c(cc1C(=O)N=C(N)N)CCCC/C2=C\c1cccnc1. The van der Waals surface area contributed by atoms with E-state index in [-0.39, 0.29) is 5.96 Å². The number of nitrogens with two attached hydrogens (primary N) is 2. The maximum atomic E-state index is 12.2. The summed E-state index contributed by atoms with van der Waals surface area (Å²) in [6.07, 6.45) is 9.69. The number of fused-ring (bicyclic) bond motifs is 1. The van der Waals surface area contributed by atoms with Crippen molar-refractivity contribution in [3.8, 4) is 0 Å². The Balaban J connectivity index is 2.07. The van der Waals surface area contributed by atoms with E-state index >= 15 is 0 Å². The van der Waals surface area contributed by atoms with Crippen molar-refractivity contribution in [2.45, 2.75) is 32.6 Å². The second kappa shape index (κ2) is 7.25. The van der Waals surface area contributed by atoms with Gasteiger partial charge in [-0.05, 0) is 67.5 Å². The molecule has 2 aromatic heterocycles. The quantitative estimate of drug-likeness (QED) is 0.498. The fourth-order valence-electron chi connectivity index (χ4n) is 3.06. The Kier molecular flexibility index (Phi) is 4.88. The van der Waals surface area contributed by atoms with Crippen LogP contribution in [0.25, 0.3) is 11.6 Å². The fourth-order valence-corrected chi connectivity index (χ4v) is 3.06. The van der Waals surface area contributed by atoms with Crippen molar-refractivity contribution in [2.75, 3.05) is 0 Å². The molecule has 0 unspecified atom stereocenters. The Morgan fingerprint density at radius 1 is 1.28 bits per heavy atom. The molecule has 6 nitrogen and oxygen atoms in total. The van der Waals surface area contributed by atoms with Crippen LogP contribution in [0.4, 0.5) is 0 Å². The lowest BCUT2D eigenvalue weighted by atomic mass is 9.99. The van der Waals surface area contributed by atoms with Gasteiger partial charge in [-0.3, -0.25) is 14.8 Å². The predicted octanol–water partition coefficient (Wildman–Crippen LogP) is 2.47. The zero-order chi connectivity index (χ0) is 17.8. The molecule has 2 heterocycles. The van der Waals surface area contributed by atoms with Crippen molar-refractivity contribution in [3.05, 3.63) is 58.7 Å². The van der Waals surface area contributed by atoms with E-state index in [2.05, 4.69) is 16.1 Å². The number of guanidine groups is 1. The van der Waals surface area contributed by atoms with E-state index in [1.807, 2.05) is 31.3 Å². The fraction of sp³-hybridized carbons (Fsp3) is 0.263. The molecule has 0 atom stereocenters. The van der Waals surface area contributed by atoms with Gasteiger partial charge in [-0.15, -0.1) is 0 Å². The lowest BCUT2D eigenvalue weighted by Crippen LogP contribution is -2.24. The van der Waals surface area contributed by atoms with Crippen LogP contribution in [-0.4, -0.2) is 21.8 Å². The highest BCUT2D eigenvalue weighted by molar-refractivity contribution is 6.03. The number of hydrogen-bond donors (Lipinski definition) is 2. The minimum absolute atomic E-state index is 0.239. The molecule has 0 aromatic carbocycles. The van der Waals surface area contributed by atoms with E-state index in [9.17, 15) is 4.79 Å². The molecular weight excluding hydrogens is 314 g/mol. The van der Waals surface area contributed by atoms with E-state index in [1.54, 1.807) is 6.20 Å². The van der Waals surface area contributed by atoms with Gasteiger partial charge in [-0.25, -0.2) is 0 Å². The summed E-state index contributed by atoms with van der Waals surface area (Å²) in [5, 5.41) is 0. The number of aromatic nitrogens is 2. The number of pyridine rings is 2. The lowest BCUT2D eigenvalue weighted by Gasteiger charge is -2.12. The number of hydrogen-bond acceptors (Lipinski definition) is 3. The topological polar surface area (TPSA) is 107 Å². The van der Waals surface area contributed by atoms with Crippen LogP contribution in [0.15, 0.2) is 35.6 Å². The molecule has 0 saturated heterocycles. The lowest BCUT2D eigenvalue weighted by molar-refractivity contribution is 0.100. The number of aliphatic imine (C=N–C) groups is 1. The molecule has 25 heavy (non-hydrogen) atoms. The molecule has 0 radical (unpaired) electrons. The van der Waals surface area contributed by atoms with Gasteiger partial charge >= 0.3 is 0 Å². The third-order valence-corrected chi connectivity index (χ3v) is 4.22. The van der Waals surface area contributed by atoms with Gasteiger partial charge in [0.15, 0.2) is 5.96 Å². The first-order valence-electron chi connectivity index (χ1n) is 8.30. The van der Waals surface area contributed by atoms with Crippen LogP contribution in [0.5, 0.6) is 0 Å². The standard InChI is InChI=1S/C19H21N5O/c1-12-16(18(25)24-19(20)21)10-15-7-3-2-6-14(17(15)23-12)9-13-5-4-8-22-11-13/h4-5,8-11H,2-3,6-7H2,1H3,(H4,20,21,24,25)/b14-9+. The van der Waals surface area contributed by atoms with Gasteiger partial charge in [0, 0.05) is 12.4 Å². The van der Waals surface area contributed by atoms with E-state index < -0.39 is 5.91 Å². The van der Waals surface area contributed by atoms with E-state index in [1.165, 1.54) is 5.57 Å². The maximum absolute atomic E-state index is 12.2. The highest BCUT2D eigenvalue weighted by Crippen LogP contribution is 2.31. The van der Waals surface area contributed by atoms with Crippen molar-refractivity contribution in [1.82, 2.24) is 9.97 Å². The summed E-state index contributed by atoms with van der Waals surface area (Å²) >= 11 is 0. The Labute approximate surface area is 146 Å². The van der Waals surface area contributed by atoms with Gasteiger partial charge in [0.25, 0.3) is 5.91 Å². The molecule has 1 aliphatic carbocycles. The van der Waals surface area contributed by atoms with E-state index in [0.29, 0.717) is 11.3 Å². The van der Waals surface area contributed by atoms with Gasteiger partial charge in [-0.2, -0.15) is 4.99 Å². The molecule has 0 spiro atoms. The van der Waals surface area contributed by atoms with Crippen molar-refractivity contribution in [1.29, 1.82) is 0 Å². The number of amides is 1. The second-order valence-electron chi connectivity index (χ2n) is 6.13. The highest BCUT2D eigenvalue weighted by Gasteiger charge is 2.19. The number of allylic oxidation sites excluding steroid dienone is 1. The molecule has 0 aliphatic heterocycles. The first kappa shape index (κ1) is 16.8. The maximum Gasteiger partial charge on any atom is 0.282 e. The summed E-state index contributed by atoms with van der Waals surface area (Å²) in [6.45, 7) is 1.81. The van der Waals surface area contributed by atoms with Crippen molar-refractivity contribution < 1.29 is 4.79 Å². The number of carbonyl (C=O) groups is 1. The minimum Gasteiger partial charge on any atom is -0.370 e. The Bertz CT molecular complexity index is 852. The van der Waals surface area contributed by atoms with Crippen LogP contribution in [0.1, 0.15) is 52.1 Å². The molecule has 3 rings (SSSR count). The molecule has 1 amide bonds. The largest absolute Gasteiger partial charge is 0.370 e. The van der Waals surface area contributed by atoms with Crippen molar-refractivity contribution in [2.24, 2.45) is 16.5 Å². The van der Waals surface area contributed by atoms with Gasteiger partial charge in [0.1, 0.15) is 0 Å². The Hall–Kier alpha value is -3.02. The molecule has 0 saturated carbocycles. The van der Waals surface area contributed by atoms with Gasteiger partial charge in [-0.1, -0.05) is 6.07 Å². The van der Waals surface area contributed by atoms with E-state index in [0.717, 1.165) is 42.5 Å². The third-order valence-electron chi connectivity index (χ3n) is 4.22. The first-order chi connectivity index (χ1) is 12.0. The molecule has 0 bridgehead atoms. The zero-order valence-electron chi connectivity index (χ0n) is 14.2. The molecular formula is C19H21N5O. The number of rotatable bonds is 2. The summed E-state index contributed by atoms with van der Waals surface area (Å²) in [5.41, 5.74) is 16.0. The first-order valence-corrected chi connectivity index (χ1v) is 8.30. The number of aryl methyl sites for hydroxylation is 2. The van der Waals surface area contributed by atoms with Crippen molar-refractivity contribution in [3.63, 3.8) is 0 Å². The van der Waals surface area contributed by atoms with Crippen LogP contribution in [-0.2, 0) is 6.42 Å². The van der Waals surface area contributed by atoms with Gasteiger partial charge in [0.05, 0.1) is 17.0 Å². The van der Waals surface area contributed by atoms with Crippen LogP contribution >= 0.6 is 0 Å². The highest BCUT2D eigenvalue weighted by atomic mass is 16.1. The number of carbonyl (C=O) groups excluding carboxylic acids is 1. The molecule has 128 valence electrons. The molecule has 6 heteroatoms. The monoisotopic (exact) mass is 335 g/mol. The van der Waals surface area contributed by atoms with Crippen LogP contribution < -0.4 is 11.5 Å². The summed E-state index contributed by atoms with van der Waals surface area (Å²) in [6, 6.07) is 5.82. The molecule has 2 aromatic rings.